The zero-order valence-electron chi connectivity index (χ0n) is 9.52. The van der Waals surface area contributed by atoms with Gasteiger partial charge in [0.25, 0.3) is 0 Å². The average Bonchev–Trinajstić information content (AvgIpc) is 2.37. The van der Waals surface area contributed by atoms with E-state index in [1.807, 2.05) is 36.4 Å². The lowest BCUT2D eigenvalue weighted by Crippen LogP contribution is -1.97. The first-order valence-corrected chi connectivity index (χ1v) is 6.25. The molecule has 1 aromatic carbocycles. The van der Waals surface area contributed by atoms with Crippen LogP contribution in [0.5, 0.6) is 0 Å². The van der Waals surface area contributed by atoms with E-state index in [1.165, 1.54) is 0 Å². The summed E-state index contributed by atoms with van der Waals surface area (Å²) in [6.45, 7) is 3.72. The molecule has 0 unspecified atom stereocenters. The molecular formula is C14H10BrN3. The summed E-state index contributed by atoms with van der Waals surface area (Å²) >= 11 is 3.38. The van der Waals surface area contributed by atoms with Crippen LogP contribution in [0.1, 0.15) is 5.69 Å². The van der Waals surface area contributed by atoms with Gasteiger partial charge in [-0.15, -0.1) is 0 Å². The molecule has 2 aromatic heterocycles. The normalized spacial score (nSPS) is 10.9. The third-order valence-electron chi connectivity index (χ3n) is 2.81. The third-order valence-corrected chi connectivity index (χ3v) is 3.26. The van der Waals surface area contributed by atoms with E-state index in [0.29, 0.717) is 11.4 Å². The van der Waals surface area contributed by atoms with Crippen molar-refractivity contribution in [1.82, 2.24) is 9.97 Å². The molecule has 0 aliphatic heterocycles. The van der Waals surface area contributed by atoms with Crippen LogP contribution < -0.4 is 5.73 Å². The number of benzene rings is 1. The number of hydrogen-bond acceptors (Lipinski definition) is 3. The van der Waals surface area contributed by atoms with E-state index in [1.54, 1.807) is 0 Å². The Balaban J connectivity index is 2.46. The average molecular weight is 300 g/mol. The lowest BCUT2D eigenvalue weighted by molar-refractivity contribution is 1.30. The fourth-order valence-corrected chi connectivity index (χ4v) is 2.23. The minimum absolute atomic E-state index is 0.462. The maximum atomic E-state index is 5.69. The first-order valence-electron chi connectivity index (χ1n) is 5.46. The highest BCUT2D eigenvalue weighted by molar-refractivity contribution is 9.10. The molecule has 3 aromatic rings. The molecule has 3 nitrogen and oxygen atoms in total. The van der Waals surface area contributed by atoms with Gasteiger partial charge in [0.05, 0.1) is 22.4 Å². The fourth-order valence-electron chi connectivity index (χ4n) is 1.92. The molecule has 4 heteroatoms. The maximum absolute atomic E-state index is 5.69. The monoisotopic (exact) mass is 299 g/mol. The molecule has 0 spiro atoms. The molecule has 0 radical (unpaired) electrons. The number of nitrogens with zero attached hydrogens (tertiary/aromatic N) is 2. The molecule has 0 saturated carbocycles. The van der Waals surface area contributed by atoms with Crippen molar-refractivity contribution in [2.75, 3.05) is 0 Å². The van der Waals surface area contributed by atoms with Gasteiger partial charge in [-0.2, -0.15) is 0 Å². The second-order valence-corrected chi connectivity index (χ2v) is 4.88. The maximum Gasteiger partial charge on any atom is 0.106 e. The van der Waals surface area contributed by atoms with E-state index in [4.69, 9.17) is 5.73 Å². The molecule has 18 heavy (non-hydrogen) atoms. The van der Waals surface area contributed by atoms with E-state index >= 15 is 0 Å². The lowest BCUT2D eigenvalue weighted by Gasteiger charge is -2.05. The highest BCUT2D eigenvalue weighted by Crippen LogP contribution is 2.24. The number of aromatic nitrogens is 2. The minimum atomic E-state index is 0.462. The van der Waals surface area contributed by atoms with Crippen molar-refractivity contribution < 1.29 is 0 Å². The van der Waals surface area contributed by atoms with Gasteiger partial charge in [0, 0.05) is 10.8 Å². The minimum Gasteiger partial charge on any atom is -0.397 e. The van der Waals surface area contributed by atoms with Crippen LogP contribution in [0.3, 0.4) is 0 Å². The quantitative estimate of drug-likeness (QED) is 0.553. The van der Waals surface area contributed by atoms with Crippen molar-refractivity contribution in [2.45, 2.75) is 0 Å². The largest absolute Gasteiger partial charge is 0.397 e. The van der Waals surface area contributed by atoms with Gasteiger partial charge in [-0.3, -0.25) is 0 Å². The van der Waals surface area contributed by atoms with Crippen LogP contribution in [0.2, 0.25) is 0 Å². The predicted octanol–water partition coefficient (Wildman–Crippen LogP) is 3.47. The molecule has 0 amide bonds. The zero-order chi connectivity index (χ0) is 12.7. The Kier molecular flexibility index (Phi) is 2.52. The van der Waals surface area contributed by atoms with Gasteiger partial charge in [0.1, 0.15) is 4.60 Å². The summed E-state index contributed by atoms with van der Waals surface area (Å²) in [4.78, 5) is 9.02. The summed E-state index contributed by atoms with van der Waals surface area (Å²) in [7, 11) is 0. The second-order valence-electron chi connectivity index (χ2n) is 4.06. The highest BCUT2D eigenvalue weighted by Gasteiger charge is 2.06. The van der Waals surface area contributed by atoms with E-state index in [0.717, 1.165) is 26.4 Å². The Hall–Kier alpha value is -1.94. The van der Waals surface area contributed by atoms with Crippen LogP contribution in [0, 0.1) is 0 Å². The highest BCUT2D eigenvalue weighted by atomic mass is 79.9. The van der Waals surface area contributed by atoms with Gasteiger partial charge in [0.15, 0.2) is 0 Å². The smallest absolute Gasteiger partial charge is 0.106 e. The SMILES string of the molecule is C=C(N)c1ccc2ccc3ccc(Br)nc3c2n1. The lowest BCUT2D eigenvalue weighted by atomic mass is 10.1. The molecule has 0 bridgehead atoms. The third kappa shape index (κ3) is 1.75. The van der Waals surface area contributed by atoms with E-state index in [-0.39, 0.29) is 0 Å². The van der Waals surface area contributed by atoms with Gasteiger partial charge in [0.2, 0.25) is 0 Å². The van der Waals surface area contributed by atoms with Crippen LogP contribution >= 0.6 is 15.9 Å². The molecular weight excluding hydrogens is 290 g/mol. The van der Waals surface area contributed by atoms with Crippen LogP contribution in [0.15, 0.2) is 47.6 Å². The van der Waals surface area contributed by atoms with Gasteiger partial charge in [-0.25, -0.2) is 9.97 Å². The number of fused-ring (bicyclic) bond motifs is 3. The number of pyridine rings is 2. The Bertz CT molecular complexity index is 780. The Labute approximate surface area is 112 Å². The molecule has 0 aliphatic rings. The Morgan fingerprint density at radius 1 is 0.944 bits per heavy atom. The number of hydrogen-bond donors (Lipinski definition) is 1. The number of halogens is 1. The Morgan fingerprint density at radius 3 is 2.17 bits per heavy atom. The van der Waals surface area contributed by atoms with Crippen molar-refractivity contribution in [3.05, 3.63) is 53.3 Å². The van der Waals surface area contributed by atoms with Gasteiger partial charge < -0.3 is 5.73 Å². The van der Waals surface area contributed by atoms with E-state index in [2.05, 4.69) is 32.5 Å². The second kappa shape index (κ2) is 4.07. The summed E-state index contributed by atoms with van der Waals surface area (Å²) in [5.41, 5.74) is 8.56. The molecule has 0 saturated heterocycles. The van der Waals surface area contributed by atoms with Gasteiger partial charge >= 0.3 is 0 Å². The van der Waals surface area contributed by atoms with Crippen molar-refractivity contribution in [3.8, 4) is 0 Å². The van der Waals surface area contributed by atoms with Crippen molar-refractivity contribution >= 4 is 43.4 Å². The van der Waals surface area contributed by atoms with E-state index < -0.39 is 0 Å². The zero-order valence-corrected chi connectivity index (χ0v) is 11.1. The Morgan fingerprint density at radius 2 is 1.50 bits per heavy atom. The van der Waals surface area contributed by atoms with Gasteiger partial charge in [-0.1, -0.05) is 30.8 Å². The van der Waals surface area contributed by atoms with Crippen LogP contribution in [-0.4, -0.2) is 9.97 Å². The predicted molar refractivity (Wildman–Crippen MR) is 78.0 cm³/mol. The van der Waals surface area contributed by atoms with Crippen molar-refractivity contribution in [2.24, 2.45) is 5.73 Å². The van der Waals surface area contributed by atoms with Gasteiger partial charge in [-0.05, 0) is 28.1 Å². The molecule has 88 valence electrons. The topological polar surface area (TPSA) is 51.8 Å². The van der Waals surface area contributed by atoms with Crippen LogP contribution in [-0.2, 0) is 0 Å². The first kappa shape index (κ1) is 11.2. The summed E-state index contributed by atoms with van der Waals surface area (Å²) in [6.07, 6.45) is 0. The van der Waals surface area contributed by atoms with E-state index in [9.17, 15) is 0 Å². The summed E-state index contributed by atoms with van der Waals surface area (Å²) in [6, 6.07) is 11.8. The number of rotatable bonds is 1. The van der Waals surface area contributed by atoms with Crippen molar-refractivity contribution in [1.29, 1.82) is 0 Å². The molecule has 3 rings (SSSR count). The standard InChI is InChI=1S/C14H10BrN3/c1-8(16)11-6-4-9-2-3-10-5-7-12(15)18-14(10)13(9)17-11/h2-7H,1,16H2. The first-order chi connectivity index (χ1) is 8.65. The number of nitrogens with two attached hydrogens (primary N) is 1. The molecule has 2 heterocycles. The van der Waals surface area contributed by atoms with Crippen LogP contribution in [0.25, 0.3) is 27.5 Å². The molecule has 0 fully saturated rings. The van der Waals surface area contributed by atoms with Crippen LogP contribution in [0.4, 0.5) is 0 Å². The summed E-state index contributed by atoms with van der Waals surface area (Å²) in [5, 5.41) is 2.09. The molecule has 2 N–H and O–H groups in total. The summed E-state index contributed by atoms with van der Waals surface area (Å²) in [5.74, 6) is 0. The molecule has 0 atom stereocenters. The van der Waals surface area contributed by atoms with Crippen molar-refractivity contribution in [3.63, 3.8) is 0 Å². The molecule has 0 aliphatic carbocycles. The fraction of sp³-hybridized carbons (Fsp3) is 0. The summed E-state index contributed by atoms with van der Waals surface area (Å²) < 4.78 is 0.793.